The molecule has 0 radical (unpaired) electrons. The monoisotopic (exact) mass is 2400 g/mol. The molecule has 0 bridgehead atoms. The van der Waals surface area contributed by atoms with E-state index in [-0.39, 0.29) is 193 Å². The fraction of sp³-hybridized carbons (Fsp3) is 0.125. The molecule has 0 spiro atoms. The molecule has 57 heteroatoms. The predicted molar refractivity (Wildman–Crippen MR) is 669 cm³/mol. The molecule has 2 nitrogen and oxygen atoms in total. The molecule has 7 aromatic carbocycles. The molecular weight excluding hydrogens is 2310 g/mol. The molecule has 0 amide bonds. The molecule has 0 aliphatic heterocycles. The molecule has 10 rings (SSSR count). The van der Waals surface area contributed by atoms with Crippen LogP contribution in [0.15, 0.2) is 156 Å². The number of anilines is 3. The second-order valence-electron chi connectivity index (χ2n) is 23.6. The summed E-state index contributed by atoms with van der Waals surface area (Å²) in [5.41, 5.74) is 18.0. The smallest absolute Gasteiger partial charge is 0.143 e. The van der Waals surface area contributed by atoms with Gasteiger partial charge in [-0.05, 0) is 263 Å². The summed E-state index contributed by atoms with van der Waals surface area (Å²) >= 11 is 0. The molecule has 0 saturated heterocycles. The highest BCUT2D eigenvalue weighted by atomic mass is 33.6. The van der Waals surface area contributed by atoms with Gasteiger partial charge < -0.3 is 9.32 Å². The summed E-state index contributed by atoms with van der Waals surface area (Å²) in [4.78, 5) is 2.46. The standard InChI is InChI=1S/C48H37NO.H57P55/c1-47(2)40-20-9-5-14-32(40)38-28-30(24-26-42(38)47)49(31-25-27-43-39(29-31)33-15-6-10-21-41(33)48(43,3)4)44-22-11-7-16-34(44)36-18-13-19-37-35-17-8-12-23-45(35)50-46(36)37;1-29-43(28)50(42(26)27)54(51(44(30(2)3)31(4)5)45(32(6)7)33(8)9)55(52(46(34(10)11)35(12)13)47(36(14)15)37(16)17)53(48(38(18)19)39(20)21)49(40(22)23)41(24)25/h5-29H,1-4H3;29H,1-28H2. The Labute approximate surface area is 724 Å². The van der Waals surface area contributed by atoms with Crippen LogP contribution >= 0.6 is 440 Å². The van der Waals surface area contributed by atoms with Gasteiger partial charge in [0.2, 0.25) is 0 Å². The van der Waals surface area contributed by atoms with Gasteiger partial charge in [0.05, 0.1) is 5.69 Å². The van der Waals surface area contributed by atoms with Crippen LogP contribution in [0.1, 0.15) is 49.9 Å². The van der Waals surface area contributed by atoms with E-state index in [9.17, 15) is 0 Å². The molecule has 0 saturated carbocycles. The van der Waals surface area contributed by atoms with Crippen LogP contribution < -0.4 is 4.90 Å². The Bertz CT molecular complexity index is 3950. The highest BCUT2D eigenvalue weighted by Gasteiger charge is 2.60. The van der Waals surface area contributed by atoms with Crippen molar-refractivity contribution < 1.29 is 4.42 Å². The Hall–Kier alpha value is 17.8. The maximum absolute atomic E-state index is 6.61. The van der Waals surface area contributed by atoms with Gasteiger partial charge in [-0.25, -0.2) is 0 Å². The summed E-state index contributed by atoms with van der Waals surface area (Å²) in [6.07, 6.45) is 0. The molecule has 0 fully saturated rings. The Morgan fingerprint density at radius 1 is 0.276 bits per heavy atom. The number of nitrogens with zero attached hydrogens (tertiary/aromatic N) is 1. The molecular formula is C48H94NOP55. The van der Waals surface area contributed by atoms with Gasteiger partial charge in [-0.2, -0.15) is 0 Å². The normalized spacial score (nSPS) is 15.5. The molecule has 572 valence electrons. The highest BCUT2D eigenvalue weighted by molar-refractivity contribution is 9.53. The molecule has 2 aliphatic carbocycles. The molecule has 1 aromatic heterocycles. The maximum atomic E-state index is 6.61. The van der Waals surface area contributed by atoms with Crippen molar-refractivity contribution in [3.8, 4) is 33.4 Å². The zero-order valence-electron chi connectivity index (χ0n) is 57.1. The van der Waals surface area contributed by atoms with E-state index < -0.39 is 0 Å². The number of benzene rings is 7. The first-order valence-electron chi connectivity index (χ1n) is 30.1. The summed E-state index contributed by atoms with van der Waals surface area (Å²) in [6.45, 7) is 4.51. The second-order valence-corrected chi connectivity index (χ2v) is 248. The quantitative estimate of drug-likeness (QED) is 0.0417. The first-order valence-corrected chi connectivity index (χ1v) is 130. The SMILES string of the molecule is CC1(C)c2ccccc2-c2cc(N(c3ccc4c(c3)-c3ccccc3C4(C)C)c3ccccc3-c3cccc4c3oc3ccccc34)ccc21.PPP(P)P(P(P)P)P(P(P(P(P)P)P(P)P)P(P(P)P)P(P)P)P(P(P(P(P)P)P(P)P)P(P(P)P)P(P)P)P(P(P(P)P)P(P)P)P(P(P)P)P(P)P. The van der Waals surface area contributed by atoms with E-state index in [1.807, 2.05) is 6.07 Å². The number of para-hydroxylation sites is 3. The number of rotatable bonds is 30. The van der Waals surface area contributed by atoms with Crippen molar-refractivity contribution in [1.82, 2.24) is 0 Å². The van der Waals surface area contributed by atoms with Crippen LogP contribution in [-0.4, -0.2) is 0 Å². The zero-order chi connectivity index (χ0) is 77.5. The first-order chi connectivity index (χ1) is 49.4. The maximum Gasteiger partial charge on any atom is 0.143 e. The van der Waals surface area contributed by atoms with Crippen LogP contribution in [0.3, 0.4) is 0 Å². The van der Waals surface area contributed by atoms with Gasteiger partial charge >= 0.3 is 0 Å². The van der Waals surface area contributed by atoms with Gasteiger partial charge in [0, 0.05) is 44.1 Å². The fourth-order valence-electron chi connectivity index (χ4n) is 12.2. The van der Waals surface area contributed by atoms with Crippen LogP contribution in [0.5, 0.6) is 0 Å². The average molecular weight is 2400 g/mol. The summed E-state index contributed by atoms with van der Waals surface area (Å²) in [5, 5.41) is 2.27. The number of hydrogen-bond acceptors (Lipinski definition) is 2. The molecule has 1 heterocycles. The minimum absolute atomic E-state index is 0.0625. The Morgan fingerprint density at radius 3 is 0.924 bits per heavy atom. The molecule has 0 N–H and O–H groups in total. The van der Waals surface area contributed by atoms with E-state index in [0.29, 0.717) is 0 Å². The van der Waals surface area contributed by atoms with Crippen molar-refractivity contribution in [2.75, 3.05) is 4.90 Å². The lowest BCUT2D eigenvalue weighted by atomic mass is 9.82. The molecule has 105 heavy (non-hydrogen) atoms. The van der Waals surface area contributed by atoms with E-state index in [1.54, 1.807) is 0 Å². The lowest BCUT2D eigenvalue weighted by molar-refractivity contribution is 0.660. The van der Waals surface area contributed by atoms with Gasteiger partial charge in [0.25, 0.3) is 0 Å². The largest absolute Gasteiger partial charge is 0.455 e. The van der Waals surface area contributed by atoms with Gasteiger partial charge in [0.15, 0.2) is 0 Å². The number of fused-ring (bicyclic) bond motifs is 9. The Balaban J connectivity index is 0.000000243. The third kappa shape index (κ3) is 25.9. The minimum Gasteiger partial charge on any atom is -0.455 e. The van der Waals surface area contributed by atoms with E-state index in [0.717, 1.165) is 58.1 Å². The van der Waals surface area contributed by atoms with E-state index in [4.69, 9.17) is 4.42 Å². The number of hydrogen-bond donors (Lipinski definition) is 0. The highest BCUT2D eigenvalue weighted by Crippen LogP contribution is 3.47. The first kappa shape index (κ1) is 106. The zero-order valence-corrected chi connectivity index (χ0v) is 114. The second kappa shape index (κ2) is 49.9. The van der Waals surface area contributed by atoms with E-state index >= 15 is 0 Å². The summed E-state index contributed by atoms with van der Waals surface area (Å²) in [6, 6.07) is 55.6. The lowest BCUT2D eigenvalue weighted by Gasteiger charge is -2.59. The average Bonchev–Trinajstić information content (AvgIpc) is 1.66. The topological polar surface area (TPSA) is 16.4 Å². The molecule has 8 aromatic rings. The van der Waals surface area contributed by atoms with Crippen LogP contribution in [-0.2, 0) is 10.8 Å². The third-order valence-electron chi connectivity index (χ3n) is 16.3. The third-order valence-corrected chi connectivity index (χ3v) is 398. The van der Waals surface area contributed by atoms with E-state index in [1.165, 1.54) is 44.5 Å². The van der Waals surface area contributed by atoms with Crippen molar-refractivity contribution in [2.24, 2.45) is 0 Å². The van der Waals surface area contributed by atoms with Crippen molar-refractivity contribution in [3.63, 3.8) is 0 Å². The summed E-state index contributed by atoms with van der Waals surface area (Å²) in [5.74, 6) is 0. The predicted octanol–water partition coefficient (Wildman–Crippen LogP) is 45.4. The van der Waals surface area contributed by atoms with Crippen LogP contribution in [0.4, 0.5) is 17.1 Å². The Kier molecular flexibility index (Phi) is 50.6. The molecule has 2 aliphatic rings. The number of furan rings is 1. The van der Waals surface area contributed by atoms with Crippen molar-refractivity contribution >= 4 is 479 Å². The van der Waals surface area contributed by atoms with Crippen LogP contribution in [0.25, 0.3) is 55.3 Å². The van der Waals surface area contributed by atoms with Gasteiger partial charge in [-0.15, -0.1) is 250 Å². The van der Waals surface area contributed by atoms with Crippen molar-refractivity contribution in [3.05, 3.63) is 174 Å². The lowest BCUT2D eigenvalue weighted by Crippen LogP contribution is -2.16. The Morgan fingerprint density at radius 2 is 0.562 bits per heavy atom. The van der Waals surface area contributed by atoms with Gasteiger partial charge in [-0.1, -0.05) is 151 Å². The van der Waals surface area contributed by atoms with E-state index in [2.05, 4.69) is 428 Å². The van der Waals surface area contributed by atoms with Gasteiger partial charge in [-0.3, -0.25) is 0 Å². The van der Waals surface area contributed by atoms with Gasteiger partial charge in [0.1, 0.15) is 11.2 Å². The summed E-state index contributed by atoms with van der Waals surface area (Å²) < 4.78 is 6.61. The fourth-order valence-corrected chi connectivity index (χ4v) is 796. The minimum atomic E-state index is -0.225. The molecule has 32 atom stereocenters. The van der Waals surface area contributed by atoms with Crippen LogP contribution in [0.2, 0.25) is 0 Å². The molecule has 32 unspecified atom stereocenters. The summed E-state index contributed by atoms with van der Waals surface area (Å²) in [7, 11) is 99.5. The van der Waals surface area contributed by atoms with Crippen molar-refractivity contribution in [1.29, 1.82) is 0 Å². The van der Waals surface area contributed by atoms with Crippen molar-refractivity contribution in [2.45, 2.75) is 38.5 Å². The van der Waals surface area contributed by atoms with Crippen LogP contribution in [0, 0.1) is 0 Å².